The van der Waals surface area contributed by atoms with Crippen molar-refractivity contribution >= 4 is 40.2 Å². The maximum atomic E-state index is 11.6. The molecule has 2 aromatic heterocycles. The Bertz CT molecular complexity index is 553. The van der Waals surface area contributed by atoms with Gasteiger partial charge in [0.15, 0.2) is 0 Å². The van der Waals surface area contributed by atoms with Crippen LogP contribution < -0.4 is 5.32 Å². The van der Waals surface area contributed by atoms with Gasteiger partial charge >= 0.3 is 5.97 Å². The van der Waals surface area contributed by atoms with E-state index in [1.165, 1.54) is 18.4 Å². The first-order valence-electron chi connectivity index (χ1n) is 6.20. The van der Waals surface area contributed by atoms with Crippen LogP contribution in [0.5, 0.6) is 0 Å². The molecule has 2 atom stereocenters. The number of methoxy groups -OCH3 is 1. The number of rotatable bonds is 6. The molecule has 0 bridgehead atoms. The highest BCUT2D eigenvalue weighted by Crippen LogP contribution is 2.29. The van der Waals surface area contributed by atoms with Crippen molar-refractivity contribution < 1.29 is 9.53 Å². The number of thiophene rings is 2. The van der Waals surface area contributed by atoms with Crippen LogP contribution in [-0.4, -0.2) is 13.1 Å². The summed E-state index contributed by atoms with van der Waals surface area (Å²) in [5.74, 6) is -0.216. The average Bonchev–Trinajstić information content (AvgIpc) is 3.08. The van der Waals surface area contributed by atoms with E-state index in [2.05, 4.69) is 12.2 Å². The van der Waals surface area contributed by atoms with Crippen molar-refractivity contribution in [3.05, 3.63) is 43.7 Å². The molecule has 2 heterocycles. The van der Waals surface area contributed by atoms with Crippen molar-refractivity contribution in [2.45, 2.75) is 25.4 Å². The van der Waals surface area contributed by atoms with Crippen LogP contribution in [0.1, 0.15) is 35.9 Å². The minimum absolute atomic E-state index is 0.0453. The highest BCUT2D eigenvalue weighted by Gasteiger charge is 2.20. The van der Waals surface area contributed by atoms with Gasteiger partial charge in [-0.3, -0.25) is 4.79 Å². The monoisotopic (exact) mass is 329 g/mol. The second-order valence-electron chi connectivity index (χ2n) is 4.42. The van der Waals surface area contributed by atoms with Gasteiger partial charge in [0, 0.05) is 10.9 Å². The van der Waals surface area contributed by atoms with E-state index in [4.69, 9.17) is 16.3 Å². The van der Waals surface area contributed by atoms with Crippen LogP contribution in [-0.2, 0) is 9.53 Å². The van der Waals surface area contributed by atoms with Crippen molar-refractivity contribution in [2.75, 3.05) is 7.11 Å². The van der Waals surface area contributed by atoms with Gasteiger partial charge in [0.05, 0.1) is 23.9 Å². The van der Waals surface area contributed by atoms with Gasteiger partial charge in [-0.05, 0) is 35.4 Å². The molecule has 20 heavy (non-hydrogen) atoms. The Kier molecular flexibility index (Phi) is 5.60. The summed E-state index contributed by atoms with van der Waals surface area (Å²) in [7, 11) is 1.41. The van der Waals surface area contributed by atoms with E-state index in [0.29, 0.717) is 6.42 Å². The number of hydrogen-bond acceptors (Lipinski definition) is 5. The molecule has 1 N–H and O–H groups in total. The normalized spacial score (nSPS) is 13.9. The number of esters is 1. The lowest BCUT2D eigenvalue weighted by atomic mass is 10.1. The molecule has 0 aliphatic rings. The molecule has 0 aliphatic heterocycles. The topological polar surface area (TPSA) is 38.3 Å². The van der Waals surface area contributed by atoms with Crippen LogP contribution in [0, 0.1) is 0 Å². The standard InChI is InChI=1S/C14H16ClNO2S2/c1-9(10-6-13(15)20-8-10)16-11(7-14(17)18-2)12-4-3-5-19-12/h3-6,8-9,11,16H,7H2,1-2H3. The molecule has 0 saturated carbocycles. The minimum atomic E-state index is -0.216. The molecular formula is C14H16ClNO2S2. The van der Waals surface area contributed by atoms with Crippen LogP contribution in [0.15, 0.2) is 29.0 Å². The molecule has 0 aromatic carbocycles. The number of ether oxygens (including phenoxy) is 1. The molecule has 0 saturated heterocycles. The zero-order valence-electron chi connectivity index (χ0n) is 11.3. The first-order valence-corrected chi connectivity index (χ1v) is 8.34. The van der Waals surface area contributed by atoms with E-state index in [0.717, 1.165) is 14.8 Å². The molecule has 6 heteroatoms. The van der Waals surface area contributed by atoms with E-state index in [-0.39, 0.29) is 18.1 Å². The predicted molar refractivity (Wildman–Crippen MR) is 84.6 cm³/mol. The summed E-state index contributed by atoms with van der Waals surface area (Å²) >= 11 is 9.11. The maximum absolute atomic E-state index is 11.6. The second-order valence-corrected chi connectivity index (χ2v) is 6.94. The molecule has 0 aliphatic carbocycles. The highest BCUT2D eigenvalue weighted by molar-refractivity contribution is 7.14. The van der Waals surface area contributed by atoms with Gasteiger partial charge < -0.3 is 10.1 Å². The van der Waals surface area contributed by atoms with Crippen molar-refractivity contribution in [3.8, 4) is 0 Å². The van der Waals surface area contributed by atoms with Gasteiger partial charge in [0.25, 0.3) is 0 Å². The number of carbonyl (C=O) groups excluding carboxylic acids is 1. The number of hydrogen-bond donors (Lipinski definition) is 1. The van der Waals surface area contributed by atoms with E-state index in [1.54, 1.807) is 11.3 Å². The van der Waals surface area contributed by atoms with Crippen molar-refractivity contribution in [2.24, 2.45) is 0 Å². The van der Waals surface area contributed by atoms with Crippen molar-refractivity contribution in [3.63, 3.8) is 0 Å². The maximum Gasteiger partial charge on any atom is 0.307 e. The van der Waals surface area contributed by atoms with Gasteiger partial charge in [-0.15, -0.1) is 22.7 Å². The van der Waals surface area contributed by atoms with Crippen LogP contribution in [0.3, 0.4) is 0 Å². The summed E-state index contributed by atoms with van der Waals surface area (Å²) in [4.78, 5) is 12.7. The Morgan fingerprint density at radius 1 is 1.50 bits per heavy atom. The summed E-state index contributed by atoms with van der Waals surface area (Å²) in [6, 6.07) is 6.04. The van der Waals surface area contributed by atoms with Crippen LogP contribution >= 0.6 is 34.3 Å². The highest BCUT2D eigenvalue weighted by atomic mass is 35.5. The lowest BCUT2D eigenvalue weighted by Crippen LogP contribution is -2.26. The fraction of sp³-hybridized carbons (Fsp3) is 0.357. The Labute approximate surface area is 131 Å². The quantitative estimate of drug-likeness (QED) is 0.797. The summed E-state index contributed by atoms with van der Waals surface area (Å²) in [5, 5.41) is 7.51. The lowest BCUT2D eigenvalue weighted by molar-refractivity contribution is -0.141. The number of nitrogens with one attached hydrogen (secondary N) is 1. The lowest BCUT2D eigenvalue weighted by Gasteiger charge is -2.21. The summed E-state index contributed by atoms with van der Waals surface area (Å²) < 4.78 is 5.55. The van der Waals surface area contributed by atoms with Gasteiger partial charge in [-0.2, -0.15) is 0 Å². The van der Waals surface area contributed by atoms with Gasteiger partial charge in [-0.1, -0.05) is 17.7 Å². The first-order chi connectivity index (χ1) is 9.60. The molecule has 0 amide bonds. The Balaban J connectivity index is 2.09. The smallest absolute Gasteiger partial charge is 0.307 e. The van der Waals surface area contributed by atoms with Crippen LogP contribution in [0.4, 0.5) is 0 Å². The molecule has 0 fully saturated rings. The molecule has 3 nitrogen and oxygen atoms in total. The van der Waals surface area contributed by atoms with E-state index >= 15 is 0 Å². The predicted octanol–water partition coefficient (Wildman–Crippen LogP) is 4.42. The third-order valence-corrected chi connectivity index (χ3v) is 5.12. The number of carbonyl (C=O) groups is 1. The Hall–Kier alpha value is -0.880. The zero-order chi connectivity index (χ0) is 14.5. The molecule has 108 valence electrons. The molecule has 0 spiro atoms. The van der Waals surface area contributed by atoms with E-state index in [1.807, 2.05) is 29.0 Å². The molecule has 2 aromatic rings. The molecule has 2 unspecified atom stereocenters. The minimum Gasteiger partial charge on any atom is -0.469 e. The van der Waals surface area contributed by atoms with Crippen molar-refractivity contribution in [1.82, 2.24) is 5.32 Å². The number of halogens is 1. The van der Waals surface area contributed by atoms with Gasteiger partial charge in [0.2, 0.25) is 0 Å². The molecule has 0 radical (unpaired) electrons. The van der Waals surface area contributed by atoms with Gasteiger partial charge in [-0.25, -0.2) is 0 Å². The third kappa shape index (κ3) is 4.06. The van der Waals surface area contributed by atoms with Crippen LogP contribution in [0.25, 0.3) is 0 Å². The van der Waals surface area contributed by atoms with E-state index in [9.17, 15) is 4.79 Å². The largest absolute Gasteiger partial charge is 0.469 e. The van der Waals surface area contributed by atoms with Crippen LogP contribution in [0.2, 0.25) is 4.34 Å². The fourth-order valence-electron chi connectivity index (χ4n) is 1.93. The summed E-state index contributed by atoms with van der Waals surface area (Å²) in [5.41, 5.74) is 1.13. The Morgan fingerprint density at radius 3 is 2.85 bits per heavy atom. The summed E-state index contributed by atoms with van der Waals surface area (Å²) in [6.45, 7) is 2.07. The zero-order valence-corrected chi connectivity index (χ0v) is 13.6. The van der Waals surface area contributed by atoms with Gasteiger partial charge in [0.1, 0.15) is 0 Å². The molecular weight excluding hydrogens is 314 g/mol. The molecule has 2 rings (SSSR count). The average molecular weight is 330 g/mol. The fourth-order valence-corrected chi connectivity index (χ4v) is 3.70. The summed E-state index contributed by atoms with van der Waals surface area (Å²) in [6.07, 6.45) is 0.319. The SMILES string of the molecule is COC(=O)CC(NC(C)c1csc(Cl)c1)c1cccs1. The second kappa shape index (κ2) is 7.22. The third-order valence-electron chi connectivity index (χ3n) is 3.02. The first kappa shape index (κ1) is 15.5. The van der Waals surface area contributed by atoms with E-state index < -0.39 is 0 Å². The Morgan fingerprint density at radius 2 is 2.30 bits per heavy atom. The van der Waals surface area contributed by atoms with Crippen molar-refractivity contribution in [1.29, 1.82) is 0 Å².